The van der Waals surface area contributed by atoms with E-state index in [1.165, 1.54) is 0 Å². The Kier molecular flexibility index (Phi) is 3.04. The van der Waals surface area contributed by atoms with Crippen LogP contribution in [0.5, 0.6) is 5.75 Å². The summed E-state index contributed by atoms with van der Waals surface area (Å²) in [5, 5.41) is 0. The van der Waals surface area contributed by atoms with Crippen LogP contribution < -0.4 is 10.5 Å². The molecule has 0 unspecified atom stereocenters. The predicted molar refractivity (Wildman–Crippen MR) is 60.6 cm³/mol. The highest BCUT2D eigenvalue weighted by Crippen LogP contribution is 2.24. The Bertz CT molecular complexity index is 318. The maximum Gasteiger partial charge on any atom is 0.120 e. The molecule has 0 saturated carbocycles. The summed E-state index contributed by atoms with van der Waals surface area (Å²) >= 11 is 0. The lowest BCUT2D eigenvalue weighted by atomic mass is 10.1. The second-order valence-electron chi connectivity index (χ2n) is 4.23. The first-order valence-corrected chi connectivity index (χ1v) is 5.00. The normalized spacial score (nSPS) is 11.4. The van der Waals surface area contributed by atoms with Crippen molar-refractivity contribution in [2.75, 3.05) is 5.73 Å². The van der Waals surface area contributed by atoms with Crippen LogP contribution in [0.2, 0.25) is 0 Å². The van der Waals surface area contributed by atoms with Crippen LogP contribution in [0.1, 0.15) is 32.8 Å². The number of ether oxygens (including phenoxy) is 1. The molecule has 78 valence electrons. The average molecular weight is 193 g/mol. The lowest BCUT2D eigenvalue weighted by molar-refractivity contribution is 0.105. The van der Waals surface area contributed by atoms with E-state index in [0.29, 0.717) is 0 Å². The van der Waals surface area contributed by atoms with E-state index in [9.17, 15) is 0 Å². The van der Waals surface area contributed by atoms with Crippen LogP contribution in [0.4, 0.5) is 5.69 Å². The van der Waals surface area contributed by atoms with Crippen LogP contribution >= 0.6 is 0 Å². The number of benzene rings is 1. The van der Waals surface area contributed by atoms with E-state index in [2.05, 4.69) is 20.8 Å². The molecule has 2 N–H and O–H groups in total. The van der Waals surface area contributed by atoms with E-state index in [4.69, 9.17) is 10.5 Å². The average Bonchev–Trinajstić information content (AvgIpc) is 2.11. The summed E-state index contributed by atoms with van der Waals surface area (Å²) in [5.41, 5.74) is 7.50. The number of nitrogen functional groups attached to an aromatic ring is 1. The molecular formula is C12H19NO. The summed E-state index contributed by atoms with van der Waals surface area (Å²) in [6, 6.07) is 5.78. The van der Waals surface area contributed by atoms with Crippen molar-refractivity contribution in [3.8, 4) is 5.75 Å². The Morgan fingerprint density at radius 3 is 2.50 bits per heavy atom. The Morgan fingerprint density at radius 2 is 2.00 bits per heavy atom. The lowest BCUT2D eigenvalue weighted by Gasteiger charge is -2.25. The molecular weight excluding hydrogens is 174 g/mol. The SMILES string of the molecule is CCC(C)(C)Oc1ccc(N)c(C)c1. The maximum absolute atomic E-state index is 5.83. The summed E-state index contributed by atoms with van der Waals surface area (Å²) in [6.45, 7) is 8.27. The van der Waals surface area contributed by atoms with Gasteiger partial charge in [0.25, 0.3) is 0 Å². The minimum atomic E-state index is -0.109. The van der Waals surface area contributed by atoms with Gasteiger partial charge in [-0.25, -0.2) is 0 Å². The number of anilines is 1. The summed E-state index contributed by atoms with van der Waals surface area (Å²) in [6.07, 6.45) is 0.983. The molecule has 0 aromatic heterocycles. The van der Waals surface area contributed by atoms with Gasteiger partial charge in [-0.05, 0) is 51.0 Å². The molecule has 1 aromatic carbocycles. The Labute approximate surface area is 86.1 Å². The molecule has 0 aliphatic heterocycles. The second kappa shape index (κ2) is 3.91. The van der Waals surface area contributed by atoms with Gasteiger partial charge in [-0.15, -0.1) is 0 Å². The van der Waals surface area contributed by atoms with Gasteiger partial charge in [0, 0.05) is 5.69 Å². The molecule has 0 atom stereocenters. The molecule has 0 spiro atoms. The molecule has 2 nitrogen and oxygen atoms in total. The largest absolute Gasteiger partial charge is 0.488 e. The molecule has 2 heteroatoms. The first-order valence-electron chi connectivity index (χ1n) is 5.00. The fraction of sp³-hybridized carbons (Fsp3) is 0.500. The van der Waals surface area contributed by atoms with E-state index in [1.54, 1.807) is 0 Å². The van der Waals surface area contributed by atoms with Gasteiger partial charge in [0.05, 0.1) is 0 Å². The van der Waals surface area contributed by atoms with Gasteiger partial charge in [0.15, 0.2) is 0 Å². The molecule has 14 heavy (non-hydrogen) atoms. The molecule has 0 radical (unpaired) electrons. The highest BCUT2D eigenvalue weighted by atomic mass is 16.5. The van der Waals surface area contributed by atoms with E-state index in [-0.39, 0.29) is 5.60 Å². The fourth-order valence-electron chi connectivity index (χ4n) is 1.10. The zero-order chi connectivity index (χ0) is 10.8. The van der Waals surface area contributed by atoms with Crippen molar-refractivity contribution >= 4 is 5.69 Å². The Balaban J connectivity index is 2.83. The number of hydrogen-bond donors (Lipinski definition) is 1. The van der Waals surface area contributed by atoms with Crippen LogP contribution in [0, 0.1) is 6.92 Å². The molecule has 0 amide bonds. The highest BCUT2D eigenvalue weighted by Gasteiger charge is 2.16. The quantitative estimate of drug-likeness (QED) is 0.748. The van der Waals surface area contributed by atoms with Crippen molar-refractivity contribution in [1.29, 1.82) is 0 Å². The van der Waals surface area contributed by atoms with Crippen LogP contribution in [-0.4, -0.2) is 5.60 Å². The molecule has 0 bridgehead atoms. The van der Waals surface area contributed by atoms with E-state index in [0.717, 1.165) is 23.4 Å². The fourth-order valence-corrected chi connectivity index (χ4v) is 1.10. The maximum atomic E-state index is 5.83. The highest BCUT2D eigenvalue weighted by molar-refractivity contribution is 5.49. The van der Waals surface area contributed by atoms with E-state index in [1.807, 2.05) is 25.1 Å². The smallest absolute Gasteiger partial charge is 0.120 e. The van der Waals surface area contributed by atoms with Crippen LogP contribution in [0.15, 0.2) is 18.2 Å². The molecule has 0 saturated heterocycles. The van der Waals surface area contributed by atoms with E-state index >= 15 is 0 Å². The van der Waals surface area contributed by atoms with Crippen LogP contribution in [-0.2, 0) is 0 Å². The summed E-state index contributed by atoms with van der Waals surface area (Å²) in [4.78, 5) is 0. The Morgan fingerprint density at radius 1 is 1.36 bits per heavy atom. The van der Waals surface area contributed by atoms with Gasteiger partial charge in [-0.3, -0.25) is 0 Å². The van der Waals surface area contributed by atoms with Gasteiger partial charge >= 0.3 is 0 Å². The standard InChI is InChI=1S/C12H19NO/c1-5-12(3,4)14-10-6-7-11(13)9(2)8-10/h6-8H,5,13H2,1-4H3. The summed E-state index contributed by atoms with van der Waals surface area (Å²) < 4.78 is 5.83. The van der Waals surface area contributed by atoms with Crippen molar-refractivity contribution in [1.82, 2.24) is 0 Å². The van der Waals surface area contributed by atoms with E-state index < -0.39 is 0 Å². The van der Waals surface area contributed by atoms with Crippen molar-refractivity contribution < 1.29 is 4.74 Å². The third-order valence-electron chi connectivity index (χ3n) is 2.49. The summed E-state index contributed by atoms with van der Waals surface area (Å²) in [7, 11) is 0. The van der Waals surface area contributed by atoms with Crippen molar-refractivity contribution in [2.24, 2.45) is 0 Å². The van der Waals surface area contributed by atoms with Gasteiger partial charge in [0.1, 0.15) is 11.4 Å². The number of aryl methyl sites for hydroxylation is 1. The molecule has 1 rings (SSSR count). The van der Waals surface area contributed by atoms with Crippen molar-refractivity contribution in [3.63, 3.8) is 0 Å². The molecule has 0 aliphatic rings. The van der Waals surface area contributed by atoms with Gasteiger partial charge in [-0.1, -0.05) is 6.92 Å². The number of nitrogens with two attached hydrogens (primary N) is 1. The molecule has 0 heterocycles. The van der Waals surface area contributed by atoms with Gasteiger partial charge < -0.3 is 10.5 Å². The number of rotatable bonds is 3. The Hall–Kier alpha value is -1.18. The molecule has 1 aromatic rings. The lowest BCUT2D eigenvalue weighted by Crippen LogP contribution is -2.26. The number of hydrogen-bond acceptors (Lipinski definition) is 2. The second-order valence-corrected chi connectivity index (χ2v) is 4.23. The first kappa shape index (κ1) is 10.9. The van der Waals surface area contributed by atoms with Gasteiger partial charge in [0.2, 0.25) is 0 Å². The molecule has 0 fully saturated rings. The zero-order valence-corrected chi connectivity index (χ0v) is 9.42. The first-order chi connectivity index (χ1) is 6.44. The predicted octanol–water partition coefficient (Wildman–Crippen LogP) is 3.14. The van der Waals surface area contributed by atoms with Crippen molar-refractivity contribution in [3.05, 3.63) is 23.8 Å². The minimum Gasteiger partial charge on any atom is -0.488 e. The minimum absolute atomic E-state index is 0.109. The molecule has 0 aliphatic carbocycles. The zero-order valence-electron chi connectivity index (χ0n) is 9.42. The van der Waals surface area contributed by atoms with Crippen LogP contribution in [0.25, 0.3) is 0 Å². The third kappa shape index (κ3) is 2.66. The summed E-state index contributed by atoms with van der Waals surface area (Å²) in [5.74, 6) is 0.892. The monoisotopic (exact) mass is 193 g/mol. The third-order valence-corrected chi connectivity index (χ3v) is 2.49. The van der Waals surface area contributed by atoms with Crippen LogP contribution in [0.3, 0.4) is 0 Å². The van der Waals surface area contributed by atoms with Gasteiger partial charge in [-0.2, -0.15) is 0 Å². The van der Waals surface area contributed by atoms with Crippen molar-refractivity contribution in [2.45, 2.75) is 39.7 Å². The topological polar surface area (TPSA) is 35.2 Å².